The number of piperidine rings is 1. The minimum atomic E-state index is 0.561. The number of fused-ring (bicyclic) bond motifs is 3. The molecule has 2 N–H and O–H groups in total. The molecule has 0 saturated carbocycles. The van der Waals surface area contributed by atoms with Crippen molar-refractivity contribution in [2.45, 2.75) is 25.3 Å². The summed E-state index contributed by atoms with van der Waals surface area (Å²) in [5, 5.41) is 4.48. The van der Waals surface area contributed by atoms with Crippen molar-refractivity contribution >= 4 is 11.4 Å². The van der Waals surface area contributed by atoms with E-state index >= 15 is 0 Å². The van der Waals surface area contributed by atoms with E-state index in [2.05, 4.69) is 34.1 Å². The van der Waals surface area contributed by atoms with E-state index in [1.807, 2.05) is 17.9 Å². The third kappa shape index (κ3) is 2.74. The lowest BCUT2D eigenvalue weighted by Crippen LogP contribution is -2.44. The molecule has 1 aromatic carbocycles. The summed E-state index contributed by atoms with van der Waals surface area (Å²) in [6.07, 6.45) is 5.35. The van der Waals surface area contributed by atoms with Crippen LogP contribution in [0.25, 0.3) is 11.1 Å². The van der Waals surface area contributed by atoms with Crippen molar-refractivity contribution in [2.75, 3.05) is 44.4 Å². The predicted molar refractivity (Wildman–Crippen MR) is 101 cm³/mol. The summed E-state index contributed by atoms with van der Waals surface area (Å²) < 4.78 is 7.51. The second-order valence-corrected chi connectivity index (χ2v) is 7.22. The Labute approximate surface area is 149 Å². The number of likely N-dealkylation sites (tertiary alicyclic amines) is 1. The van der Waals surface area contributed by atoms with Gasteiger partial charge in [-0.1, -0.05) is 0 Å². The zero-order chi connectivity index (χ0) is 17.6. The van der Waals surface area contributed by atoms with Crippen molar-refractivity contribution in [3.63, 3.8) is 0 Å². The number of anilines is 2. The Hall–Kier alpha value is -2.21. The molecule has 0 aliphatic carbocycles. The second-order valence-electron chi connectivity index (χ2n) is 7.22. The summed E-state index contributed by atoms with van der Waals surface area (Å²) >= 11 is 0. The Balaban J connectivity index is 1.82. The van der Waals surface area contributed by atoms with Gasteiger partial charge in [-0.15, -0.1) is 0 Å². The van der Waals surface area contributed by atoms with Crippen molar-refractivity contribution in [3.05, 3.63) is 24.0 Å². The van der Waals surface area contributed by atoms with Gasteiger partial charge in [-0.25, -0.2) is 0 Å². The lowest BCUT2D eigenvalue weighted by Gasteiger charge is -2.39. The number of aromatic nitrogens is 2. The van der Waals surface area contributed by atoms with Crippen molar-refractivity contribution in [2.24, 2.45) is 7.05 Å². The van der Waals surface area contributed by atoms with Crippen molar-refractivity contribution in [1.29, 1.82) is 0 Å². The van der Waals surface area contributed by atoms with Crippen LogP contribution in [-0.2, 0) is 13.5 Å². The SMILES string of the molecule is COc1cc2c(cc1N)-c1cnn(C)c1CCN2C1CCN(C)CC1. The number of nitrogens with zero attached hydrogens (tertiary/aromatic N) is 4. The summed E-state index contributed by atoms with van der Waals surface area (Å²) in [6.45, 7) is 3.30. The maximum absolute atomic E-state index is 6.23. The standard InChI is InChI=1S/C19H27N5O/c1-22-7-4-13(5-8-22)24-9-6-17-15(12-21-23(17)2)14-10-16(20)19(25-3)11-18(14)24/h10-13H,4-9,20H2,1-3H3. The number of benzene rings is 1. The lowest BCUT2D eigenvalue weighted by atomic mass is 9.99. The fraction of sp³-hybridized carbons (Fsp3) is 0.526. The number of hydrogen-bond donors (Lipinski definition) is 1. The number of aryl methyl sites for hydroxylation is 1. The van der Waals surface area contributed by atoms with E-state index in [1.165, 1.54) is 35.3 Å². The maximum Gasteiger partial charge on any atom is 0.143 e. The van der Waals surface area contributed by atoms with Gasteiger partial charge in [-0.2, -0.15) is 5.10 Å². The number of nitrogens with two attached hydrogens (primary N) is 1. The molecule has 0 spiro atoms. The van der Waals surface area contributed by atoms with E-state index in [1.54, 1.807) is 7.11 Å². The molecule has 6 nitrogen and oxygen atoms in total. The minimum Gasteiger partial charge on any atom is -0.495 e. The Morgan fingerprint density at radius 1 is 1.12 bits per heavy atom. The lowest BCUT2D eigenvalue weighted by molar-refractivity contribution is 0.250. The van der Waals surface area contributed by atoms with E-state index in [-0.39, 0.29) is 0 Å². The highest BCUT2D eigenvalue weighted by atomic mass is 16.5. The Bertz CT molecular complexity index is 776. The van der Waals surface area contributed by atoms with Crippen LogP contribution in [0, 0.1) is 0 Å². The van der Waals surface area contributed by atoms with E-state index in [0.717, 1.165) is 31.8 Å². The Morgan fingerprint density at radius 3 is 2.60 bits per heavy atom. The summed E-state index contributed by atoms with van der Waals surface area (Å²) in [6, 6.07) is 4.73. The molecule has 1 fully saturated rings. The van der Waals surface area contributed by atoms with Gasteiger partial charge in [-0.05, 0) is 39.0 Å². The van der Waals surface area contributed by atoms with Gasteiger partial charge in [0.2, 0.25) is 0 Å². The molecule has 0 unspecified atom stereocenters. The van der Waals surface area contributed by atoms with E-state index < -0.39 is 0 Å². The third-order valence-electron chi connectivity index (χ3n) is 5.73. The van der Waals surface area contributed by atoms with E-state index in [0.29, 0.717) is 11.7 Å². The van der Waals surface area contributed by atoms with E-state index in [4.69, 9.17) is 10.5 Å². The van der Waals surface area contributed by atoms with Crippen LogP contribution in [0.2, 0.25) is 0 Å². The molecule has 1 saturated heterocycles. The van der Waals surface area contributed by atoms with Crippen LogP contribution in [0.15, 0.2) is 18.3 Å². The first-order valence-corrected chi connectivity index (χ1v) is 9.02. The van der Waals surface area contributed by atoms with Crippen LogP contribution in [-0.4, -0.2) is 54.5 Å². The van der Waals surface area contributed by atoms with Crippen molar-refractivity contribution in [3.8, 4) is 16.9 Å². The van der Waals surface area contributed by atoms with Gasteiger partial charge >= 0.3 is 0 Å². The molecule has 2 aromatic rings. The smallest absolute Gasteiger partial charge is 0.143 e. The molecule has 0 amide bonds. The Morgan fingerprint density at radius 2 is 1.88 bits per heavy atom. The quantitative estimate of drug-likeness (QED) is 0.848. The van der Waals surface area contributed by atoms with Crippen LogP contribution in [0.3, 0.4) is 0 Å². The first kappa shape index (κ1) is 16.3. The largest absolute Gasteiger partial charge is 0.495 e. The fourth-order valence-electron chi connectivity index (χ4n) is 4.23. The molecule has 2 aliphatic heterocycles. The minimum absolute atomic E-state index is 0.561. The second kappa shape index (κ2) is 6.26. The molecule has 0 bridgehead atoms. The van der Waals surface area contributed by atoms with Crippen molar-refractivity contribution in [1.82, 2.24) is 14.7 Å². The van der Waals surface area contributed by atoms with Gasteiger partial charge in [0, 0.05) is 54.6 Å². The zero-order valence-corrected chi connectivity index (χ0v) is 15.3. The molecule has 2 aliphatic rings. The monoisotopic (exact) mass is 341 g/mol. The number of ether oxygens (including phenoxy) is 1. The Kier molecular flexibility index (Phi) is 4.07. The zero-order valence-electron chi connectivity index (χ0n) is 15.3. The molecule has 1 aromatic heterocycles. The molecular formula is C19H27N5O. The highest BCUT2D eigenvalue weighted by Gasteiger charge is 2.30. The summed E-state index contributed by atoms with van der Waals surface area (Å²) in [7, 11) is 5.92. The van der Waals surface area contributed by atoms with Gasteiger partial charge in [0.1, 0.15) is 5.75 Å². The molecule has 3 heterocycles. The van der Waals surface area contributed by atoms with E-state index in [9.17, 15) is 0 Å². The molecule has 134 valence electrons. The summed E-state index contributed by atoms with van der Waals surface area (Å²) in [5.41, 5.74) is 11.8. The van der Waals surface area contributed by atoms with Gasteiger partial charge in [0.05, 0.1) is 19.0 Å². The molecule has 0 atom stereocenters. The molecule has 6 heteroatoms. The highest BCUT2D eigenvalue weighted by molar-refractivity contribution is 5.86. The maximum atomic E-state index is 6.23. The first-order chi connectivity index (χ1) is 12.1. The van der Waals surface area contributed by atoms with Gasteiger partial charge in [0.25, 0.3) is 0 Å². The number of hydrogen-bond acceptors (Lipinski definition) is 5. The van der Waals surface area contributed by atoms with Crippen LogP contribution in [0.4, 0.5) is 11.4 Å². The van der Waals surface area contributed by atoms with Gasteiger partial charge in [0.15, 0.2) is 0 Å². The number of methoxy groups -OCH3 is 1. The van der Waals surface area contributed by atoms with Crippen LogP contribution in [0.1, 0.15) is 18.5 Å². The fourth-order valence-corrected chi connectivity index (χ4v) is 4.23. The topological polar surface area (TPSA) is 59.6 Å². The van der Waals surface area contributed by atoms with Crippen LogP contribution >= 0.6 is 0 Å². The average Bonchev–Trinajstić information content (AvgIpc) is 2.89. The molecule has 0 radical (unpaired) electrons. The highest BCUT2D eigenvalue weighted by Crippen LogP contribution is 2.42. The molecular weight excluding hydrogens is 314 g/mol. The van der Waals surface area contributed by atoms with Crippen LogP contribution < -0.4 is 15.4 Å². The van der Waals surface area contributed by atoms with Crippen molar-refractivity contribution < 1.29 is 4.74 Å². The molecule has 4 rings (SSSR count). The summed E-state index contributed by atoms with van der Waals surface area (Å²) in [5.74, 6) is 0.754. The third-order valence-corrected chi connectivity index (χ3v) is 5.73. The normalized spacial score (nSPS) is 18.6. The number of nitrogen functional groups attached to an aromatic ring is 1. The first-order valence-electron chi connectivity index (χ1n) is 9.02. The summed E-state index contributed by atoms with van der Waals surface area (Å²) in [4.78, 5) is 4.99. The van der Waals surface area contributed by atoms with Gasteiger partial charge in [-0.3, -0.25) is 4.68 Å². The molecule has 25 heavy (non-hydrogen) atoms. The van der Waals surface area contributed by atoms with Gasteiger partial charge < -0.3 is 20.3 Å². The predicted octanol–water partition coefficient (Wildman–Crippen LogP) is 2.13. The number of rotatable bonds is 2. The average molecular weight is 341 g/mol. The van der Waals surface area contributed by atoms with Crippen LogP contribution in [0.5, 0.6) is 5.75 Å².